The van der Waals surface area contributed by atoms with E-state index in [2.05, 4.69) is 59.9 Å². The van der Waals surface area contributed by atoms with Gasteiger partial charge in [-0.3, -0.25) is 0 Å². The van der Waals surface area contributed by atoms with Gasteiger partial charge in [0.2, 0.25) is 0 Å². The van der Waals surface area contributed by atoms with Crippen LogP contribution in [0.1, 0.15) is 32.0 Å². The van der Waals surface area contributed by atoms with Gasteiger partial charge >= 0.3 is 0 Å². The van der Waals surface area contributed by atoms with E-state index in [1.807, 2.05) is 6.20 Å². The maximum atomic E-state index is 4.58. The number of nitrogens with zero attached hydrogens (tertiary/aromatic N) is 2. The summed E-state index contributed by atoms with van der Waals surface area (Å²) >= 11 is 0. The van der Waals surface area contributed by atoms with Gasteiger partial charge in [-0.1, -0.05) is 45.0 Å². The number of fused-ring (bicyclic) bond motifs is 1. The molecule has 0 saturated carbocycles. The molecule has 0 saturated heterocycles. The monoisotopic (exact) mass is 255 g/mol. The fourth-order valence-corrected chi connectivity index (χ4v) is 2.56. The first-order chi connectivity index (χ1) is 9.05. The third kappa shape index (κ3) is 2.30. The molecule has 1 aromatic heterocycles. The molecule has 0 unspecified atom stereocenters. The summed E-state index contributed by atoms with van der Waals surface area (Å²) in [6.07, 6.45) is 1.99. The van der Waals surface area contributed by atoms with Crippen molar-refractivity contribution in [1.82, 2.24) is 14.9 Å². The van der Waals surface area contributed by atoms with E-state index in [1.165, 1.54) is 16.8 Å². The second-order valence-corrected chi connectivity index (χ2v) is 6.23. The molecule has 0 amide bonds. The van der Waals surface area contributed by atoms with Gasteiger partial charge in [-0.05, 0) is 11.0 Å². The Morgan fingerprint density at radius 1 is 1.16 bits per heavy atom. The molecule has 3 rings (SSSR count). The van der Waals surface area contributed by atoms with Crippen molar-refractivity contribution in [1.29, 1.82) is 0 Å². The lowest BCUT2D eigenvalue weighted by molar-refractivity contribution is 0.519. The highest BCUT2D eigenvalue weighted by molar-refractivity contribution is 5.57. The molecule has 0 spiro atoms. The highest BCUT2D eigenvalue weighted by Gasteiger charge is 2.16. The first kappa shape index (κ1) is 12.4. The minimum Gasteiger partial charge on any atom is -0.326 e. The Labute approximate surface area is 114 Å². The van der Waals surface area contributed by atoms with E-state index in [9.17, 15) is 0 Å². The molecule has 1 aliphatic heterocycles. The largest absolute Gasteiger partial charge is 0.326 e. The molecule has 0 fully saturated rings. The van der Waals surface area contributed by atoms with Crippen LogP contribution in [0.3, 0.4) is 0 Å². The van der Waals surface area contributed by atoms with Crippen molar-refractivity contribution >= 4 is 0 Å². The predicted molar refractivity (Wildman–Crippen MR) is 78.1 cm³/mol. The van der Waals surface area contributed by atoms with E-state index in [4.69, 9.17) is 0 Å². The minimum atomic E-state index is 0.203. The maximum Gasteiger partial charge on any atom is 0.140 e. The normalized spacial score (nSPS) is 15.3. The first-order valence-electron chi connectivity index (χ1n) is 6.92. The van der Waals surface area contributed by atoms with Gasteiger partial charge in [0.15, 0.2) is 0 Å². The van der Waals surface area contributed by atoms with Gasteiger partial charge < -0.3 is 9.88 Å². The Balaban J connectivity index is 1.97. The smallest absolute Gasteiger partial charge is 0.140 e. The molecule has 19 heavy (non-hydrogen) atoms. The number of hydrogen-bond acceptors (Lipinski definition) is 2. The van der Waals surface area contributed by atoms with E-state index < -0.39 is 0 Å². The van der Waals surface area contributed by atoms with E-state index in [1.54, 1.807) is 0 Å². The van der Waals surface area contributed by atoms with E-state index in [-0.39, 0.29) is 5.41 Å². The minimum absolute atomic E-state index is 0.203. The number of aromatic nitrogens is 2. The van der Waals surface area contributed by atoms with Crippen molar-refractivity contribution in [3.8, 4) is 11.4 Å². The van der Waals surface area contributed by atoms with Gasteiger partial charge in [0, 0.05) is 25.2 Å². The lowest BCUT2D eigenvalue weighted by atomic mass is 9.87. The molecule has 0 atom stereocenters. The lowest BCUT2D eigenvalue weighted by Gasteiger charge is -2.20. The maximum absolute atomic E-state index is 4.58. The summed E-state index contributed by atoms with van der Waals surface area (Å²) < 4.78 is 2.32. The SMILES string of the molecule is CC(C)(C)c1ccc(-c2ncc3n2CCNC3)cc1. The molecule has 0 aliphatic carbocycles. The van der Waals surface area contributed by atoms with Gasteiger partial charge in [0.1, 0.15) is 5.82 Å². The summed E-state index contributed by atoms with van der Waals surface area (Å²) in [4.78, 5) is 4.58. The first-order valence-corrected chi connectivity index (χ1v) is 6.92. The zero-order chi connectivity index (χ0) is 13.5. The van der Waals surface area contributed by atoms with Crippen LogP contribution in [0, 0.1) is 0 Å². The Kier molecular flexibility index (Phi) is 2.94. The number of nitrogens with one attached hydrogen (secondary N) is 1. The lowest BCUT2D eigenvalue weighted by Crippen LogP contribution is -2.27. The third-order valence-corrected chi connectivity index (χ3v) is 3.77. The molecule has 100 valence electrons. The summed E-state index contributed by atoms with van der Waals surface area (Å²) in [5.74, 6) is 1.09. The van der Waals surface area contributed by atoms with Crippen LogP contribution in [0.2, 0.25) is 0 Å². The van der Waals surface area contributed by atoms with Crippen LogP contribution in [0.25, 0.3) is 11.4 Å². The Bertz CT molecular complexity index is 573. The number of hydrogen-bond donors (Lipinski definition) is 1. The van der Waals surface area contributed by atoms with Crippen LogP contribution in [-0.4, -0.2) is 16.1 Å². The summed E-state index contributed by atoms with van der Waals surface area (Å²) in [5, 5.41) is 3.37. The Morgan fingerprint density at radius 3 is 2.58 bits per heavy atom. The zero-order valence-electron chi connectivity index (χ0n) is 11.9. The second-order valence-electron chi connectivity index (χ2n) is 6.23. The van der Waals surface area contributed by atoms with Crippen molar-refractivity contribution in [2.75, 3.05) is 6.54 Å². The van der Waals surface area contributed by atoms with Crippen molar-refractivity contribution in [2.24, 2.45) is 0 Å². The van der Waals surface area contributed by atoms with Gasteiger partial charge in [0.25, 0.3) is 0 Å². The summed E-state index contributed by atoms with van der Waals surface area (Å²) in [5.41, 5.74) is 4.06. The van der Waals surface area contributed by atoms with E-state index >= 15 is 0 Å². The predicted octanol–water partition coefficient (Wildman–Crippen LogP) is 2.95. The molecule has 0 radical (unpaired) electrons. The Morgan fingerprint density at radius 2 is 1.89 bits per heavy atom. The molecule has 0 bridgehead atoms. The summed E-state index contributed by atoms with van der Waals surface area (Å²) in [7, 11) is 0. The van der Waals surface area contributed by atoms with Crippen molar-refractivity contribution in [3.05, 3.63) is 41.7 Å². The highest BCUT2D eigenvalue weighted by Crippen LogP contribution is 2.26. The number of rotatable bonds is 1. The standard InChI is InChI=1S/C16H21N3/c1-16(2,3)13-6-4-12(5-7-13)15-18-11-14-10-17-8-9-19(14)15/h4-7,11,17H,8-10H2,1-3H3. The molecule has 3 nitrogen and oxygen atoms in total. The summed E-state index contributed by atoms with van der Waals surface area (Å²) in [6, 6.07) is 8.83. The molecule has 1 aliphatic rings. The molecule has 2 aromatic rings. The average molecular weight is 255 g/mol. The van der Waals surface area contributed by atoms with Gasteiger partial charge in [0.05, 0.1) is 11.9 Å². The molecular weight excluding hydrogens is 234 g/mol. The molecule has 1 aromatic carbocycles. The molecule has 2 heterocycles. The van der Waals surface area contributed by atoms with E-state index in [0.29, 0.717) is 0 Å². The molecule has 3 heteroatoms. The fourth-order valence-electron chi connectivity index (χ4n) is 2.56. The van der Waals surface area contributed by atoms with Crippen molar-refractivity contribution in [3.63, 3.8) is 0 Å². The van der Waals surface area contributed by atoms with E-state index in [0.717, 1.165) is 25.5 Å². The third-order valence-electron chi connectivity index (χ3n) is 3.77. The van der Waals surface area contributed by atoms with Crippen LogP contribution in [0.5, 0.6) is 0 Å². The van der Waals surface area contributed by atoms with Crippen LogP contribution in [-0.2, 0) is 18.5 Å². The van der Waals surface area contributed by atoms with Gasteiger partial charge in [-0.2, -0.15) is 0 Å². The van der Waals surface area contributed by atoms with Crippen molar-refractivity contribution < 1.29 is 0 Å². The topological polar surface area (TPSA) is 29.9 Å². The highest BCUT2D eigenvalue weighted by atomic mass is 15.1. The summed E-state index contributed by atoms with van der Waals surface area (Å²) in [6.45, 7) is 9.68. The molecular formula is C16H21N3. The van der Waals surface area contributed by atoms with Gasteiger partial charge in [-0.15, -0.1) is 0 Å². The molecule has 1 N–H and O–H groups in total. The zero-order valence-corrected chi connectivity index (χ0v) is 11.9. The number of imidazole rings is 1. The number of benzene rings is 1. The van der Waals surface area contributed by atoms with Gasteiger partial charge in [-0.25, -0.2) is 4.98 Å². The quantitative estimate of drug-likeness (QED) is 0.849. The second kappa shape index (κ2) is 4.49. The van der Waals surface area contributed by atoms with Crippen LogP contribution < -0.4 is 5.32 Å². The van der Waals surface area contributed by atoms with Crippen LogP contribution in [0.4, 0.5) is 0 Å². The average Bonchev–Trinajstić information content (AvgIpc) is 2.82. The van der Waals surface area contributed by atoms with Crippen molar-refractivity contribution in [2.45, 2.75) is 39.3 Å². The fraction of sp³-hybridized carbons (Fsp3) is 0.438. The Hall–Kier alpha value is -1.61. The van der Waals surface area contributed by atoms with Crippen LogP contribution >= 0.6 is 0 Å². The van der Waals surface area contributed by atoms with Crippen LogP contribution in [0.15, 0.2) is 30.5 Å².